The van der Waals surface area contributed by atoms with E-state index >= 15 is 0 Å². The van der Waals surface area contributed by atoms with Crippen molar-refractivity contribution < 1.29 is 4.74 Å². The second-order valence-corrected chi connectivity index (χ2v) is 6.47. The van der Waals surface area contributed by atoms with Gasteiger partial charge in [0.15, 0.2) is 0 Å². The molecule has 0 spiro atoms. The molecule has 2 fully saturated rings. The summed E-state index contributed by atoms with van der Waals surface area (Å²) in [6, 6.07) is 0.621. The van der Waals surface area contributed by atoms with Crippen LogP contribution >= 0.6 is 0 Å². The SMILES string of the molecule is CCC(C)(C(NC)C1CCCCC1)N1CCOCC1. The average molecular weight is 268 g/mol. The van der Waals surface area contributed by atoms with Gasteiger partial charge in [0, 0.05) is 24.7 Å². The predicted molar refractivity (Wildman–Crippen MR) is 80.5 cm³/mol. The molecule has 1 aliphatic heterocycles. The first-order valence-electron chi connectivity index (χ1n) is 8.22. The van der Waals surface area contributed by atoms with Crippen LogP contribution in [0.25, 0.3) is 0 Å². The number of rotatable bonds is 5. The van der Waals surface area contributed by atoms with Crippen molar-refractivity contribution in [1.82, 2.24) is 10.2 Å². The van der Waals surface area contributed by atoms with E-state index < -0.39 is 0 Å². The molecular weight excluding hydrogens is 236 g/mol. The highest BCUT2D eigenvalue weighted by atomic mass is 16.5. The Labute approximate surface area is 119 Å². The van der Waals surface area contributed by atoms with Crippen LogP contribution in [-0.2, 0) is 4.74 Å². The molecule has 1 saturated heterocycles. The zero-order chi connectivity index (χ0) is 13.7. The lowest BCUT2D eigenvalue weighted by molar-refractivity contribution is -0.0425. The molecule has 19 heavy (non-hydrogen) atoms. The maximum Gasteiger partial charge on any atom is 0.0594 e. The molecule has 0 radical (unpaired) electrons. The molecule has 0 aromatic heterocycles. The Morgan fingerprint density at radius 1 is 1.21 bits per heavy atom. The van der Waals surface area contributed by atoms with Crippen molar-refractivity contribution in [2.75, 3.05) is 33.4 Å². The summed E-state index contributed by atoms with van der Waals surface area (Å²) in [6.07, 6.45) is 8.32. The number of hydrogen-bond donors (Lipinski definition) is 1. The van der Waals surface area contributed by atoms with Gasteiger partial charge in [0.25, 0.3) is 0 Å². The summed E-state index contributed by atoms with van der Waals surface area (Å²) in [6.45, 7) is 8.80. The van der Waals surface area contributed by atoms with E-state index in [2.05, 4.69) is 31.1 Å². The van der Waals surface area contributed by atoms with Crippen LogP contribution < -0.4 is 5.32 Å². The fraction of sp³-hybridized carbons (Fsp3) is 1.00. The van der Waals surface area contributed by atoms with Crippen molar-refractivity contribution in [3.05, 3.63) is 0 Å². The van der Waals surface area contributed by atoms with Crippen LogP contribution in [0.15, 0.2) is 0 Å². The van der Waals surface area contributed by atoms with E-state index in [1.807, 2.05) is 0 Å². The van der Waals surface area contributed by atoms with Crippen molar-refractivity contribution in [2.45, 2.75) is 64.0 Å². The highest BCUT2D eigenvalue weighted by Gasteiger charge is 2.42. The molecule has 0 aromatic carbocycles. The monoisotopic (exact) mass is 268 g/mol. The molecule has 3 nitrogen and oxygen atoms in total. The summed E-state index contributed by atoms with van der Waals surface area (Å²) in [5.41, 5.74) is 0.278. The molecule has 112 valence electrons. The first-order valence-corrected chi connectivity index (χ1v) is 8.22. The van der Waals surface area contributed by atoms with E-state index in [9.17, 15) is 0 Å². The van der Waals surface area contributed by atoms with Crippen LogP contribution in [0.5, 0.6) is 0 Å². The number of likely N-dealkylation sites (N-methyl/N-ethyl adjacent to an activating group) is 1. The summed E-state index contributed by atoms with van der Waals surface area (Å²) >= 11 is 0. The van der Waals surface area contributed by atoms with Crippen LogP contribution in [0.1, 0.15) is 52.4 Å². The summed E-state index contributed by atoms with van der Waals surface area (Å²) in [7, 11) is 2.16. The molecule has 3 heteroatoms. The fourth-order valence-corrected chi connectivity index (χ4v) is 4.24. The third kappa shape index (κ3) is 3.32. The maximum atomic E-state index is 5.54. The smallest absolute Gasteiger partial charge is 0.0594 e. The lowest BCUT2D eigenvalue weighted by Gasteiger charge is -2.50. The van der Waals surface area contributed by atoms with Gasteiger partial charge >= 0.3 is 0 Å². The van der Waals surface area contributed by atoms with Crippen molar-refractivity contribution >= 4 is 0 Å². The molecule has 0 amide bonds. The minimum absolute atomic E-state index is 0.278. The number of nitrogens with zero attached hydrogens (tertiary/aromatic N) is 1. The molecule has 1 aliphatic carbocycles. The fourth-order valence-electron chi connectivity index (χ4n) is 4.24. The van der Waals surface area contributed by atoms with Gasteiger partial charge in [-0.2, -0.15) is 0 Å². The summed E-state index contributed by atoms with van der Waals surface area (Å²) in [4.78, 5) is 2.67. The van der Waals surface area contributed by atoms with Gasteiger partial charge in [0.05, 0.1) is 13.2 Å². The van der Waals surface area contributed by atoms with E-state index in [0.717, 1.165) is 32.2 Å². The highest BCUT2D eigenvalue weighted by Crippen LogP contribution is 2.35. The van der Waals surface area contributed by atoms with Crippen LogP contribution in [-0.4, -0.2) is 49.8 Å². The largest absolute Gasteiger partial charge is 0.379 e. The van der Waals surface area contributed by atoms with E-state index in [-0.39, 0.29) is 5.54 Å². The summed E-state index contributed by atoms with van der Waals surface area (Å²) in [5, 5.41) is 3.68. The minimum atomic E-state index is 0.278. The van der Waals surface area contributed by atoms with Crippen molar-refractivity contribution in [1.29, 1.82) is 0 Å². The lowest BCUT2D eigenvalue weighted by Crippen LogP contribution is -2.63. The molecule has 2 rings (SSSR count). The van der Waals surface area contributed by atoms with E-state index in [0.29, 0.717) is 6.04 Å². The Morgan fingerprint density at radius 3 is 2.37 bits per heavy atom. The first kappa shape index (κ1) is 15.3. The van der Waals surface area contributed by atoms with E-state index in [1.165, 1.54) is 38.5 Å². The minimum Gasteiger partial charge on any atom is -0.379 e. The molecule has 0 aromatic rings. The first-order chi connectivity index (χ1) is 9.22. The second-order valence-electron chi connectivity index (χ2n) is 6.47. The second kappa shape index (κ2) is 7.05. The maximum absolute atomic E-state index is 5.54. The molecule has 1 N–H and O–H groups in total. The van der Waals surface area contributed by atoms with Gasteiger partial charge in [0.1, 0.15) is 0 Å². The Hall–Kier alpha value is -0.120. The van der Waals surface area contributed by atoms with Crippen LogP contribution in [0.3, 0.4) is 0 Å². The van der Waals surface area contributed by atoms with Crippen molar-refractivity contribution in [3.63, 3.8) is 0 Å². The van der Waals surface area contributed by atoms with Gasteiger partial charge in [-0.25, -0.2) is 0 Å². The lowest BCUT2D eigenvalue weighted by atomic mass is 9.73. The average Bonchev–Trinajstić information content (AvgIpc) is 2.49. The molecule has 2 aliphatic rings. The third-order valence-electron chi connectivity index (χ3n) is 5.55. The Balaban J connectivity index is 2.10. The molecular formula is C16H32N2O. The van der Waals surface area contributed by atoms with Gasteiger partial charge in [-0.1, -0.05) is 26.2 Å². The van der Waals surface area contributed by atoms with Gasteiger partial charge < -0.3 is 10.1 Å². The van der Waals surface area contributed by atoms with Crippen LogP contribution in [0.2, 0.25) is 0 Å². The molecule has 2 unspecified atom stereocenters. The van der Waals surface area contributed by atoms with Crippen LogP contribution in [0.4, 0.5) is 0 Å². The number of hydrogen-bond acceptors (Lipinski definition) is 3. The zero-order valence-corrected chi connectivity index (χ0v) is 13.1. The standard InChI is InChI=1S/C16H32N2O/c1-4-16(2,18-10-12-19-13-11-18)15(17-3)14-8-6-5-7-9-14/h14-15,17H,4-13H2,1-3H3. The summed E-state index contributed by atoms with van der Waals surface area (Å²) in [5.74, 6) is 0.853. The quantitative estimate of drug-likeness (QED) is 0.829. The topological polar surface area (TPSA) is 24.5 Å². The molecule has 2 atom stereocenters. The van der Waals surface area contributed by atoms with Gasteiger partial charge in [-0.05, 0) is 39.2 Å². The predicted octanol–water partition coefficient (Wildman–Crippen LogP) is 2.66. The number of nitrogens with one attached hydrogen (secondary N) is 1. The number of morpholine rings is 1. The van der Waals surface area contributed by atoms with Gasteiger partial charge in [-0.3, -0.25) is 4.90 Å². The Morgan fingerprint density at radius 2 is 1.84 bits per heavy atom. The summed E-state index contributed by atoms with van der Waals surface area (Å²) < 4.78 is 5.54. The van der Waals surface area contributed by atoms with E-state index in [1.54, 1.807) is 0 Å². The Bertz CT molecular complexity index is 259. The highest BCUT2D eigenvalue weighted by molar-refractivity contribution is 5.00. The molecule has 1 saturated carbocycles. The van der Waals surface area contributed by atoms with Crippen molar-refractivity contribution in [2.24, 2.45) is 5.92 Å². The van der Waals surface area contributed by atoms with Gasteiger partial charge in [0.2, 0.25) is 0 Å². The van der Waals surface area contributed by atoms with Crippen LogP contribution in [0, 0.1) is 5.92 Å². The Kier molecular flexibility index (Phi) is 5.67. The zero-order valence-electron chi connectivity index (χ0n) is 13.1. The van der Waals surface area contributed by atoms with Gasteiger partial charge in [-0.15, -0.1) is 0 Å². The third-order valence-corrected chi connectivity index (χ3v) is 5.55. The van der Waals surface area contributed by atoms with Crippen molar-refractivity contribution in [3.8, 4) is 0 Å². The normalized spacial score (nSPS) is 27.9. The number of ether oxygens (including phenoxy) is 1. The molecule has 0 bridgehead atoms. The molecule has 1 heterocycles. The van der Waals surface area contributed by atoms with E-state index in [4.69, 9.17) is 4.74 Å².